The number of aliphatic carboxylic acids is 4. The number of carboxylic acid groups (broad SMARTS) is 4. The zero-order chi connectivity index (χ0) is 73.9. The summed E-state index contributed by atoms with van der Waals surface area (Å²) in [6.45, 7) is 0. The van der Waals surface area contributed by atoms with E-state index in [1.165, 1.54) is 10.9 Å². The van der Waals surface area contributed by atoms with Crippen molar-refractivity contribution in [3.05, 3.63) is 378 Å². The molecule has 0 saturated heterocycles. The van der Waals surface area contributed by atoms with E-state index in [1.54, 1.807) is 36.1 Å². The SMILES string of the molecule is O=C(O)CCC(c1ccccc1)c1cn(-c2ccccn2)c2ccccc12.O=C(O)CCC(c1ccccc1)c1cn(-c2cccnc2)c2ccccc12.O=C(O)CCC(c1ccccc1)c1cn(-c2ccncc2)c2ccccc12.O=C(O)CCC(c1ccccc1)c1cn(-c2ccsc2)c2ccccc12. The van der Waals surface area contributed by atoms with Crippen LogP contribution in [0.5, 0.6) is 0 Å². The van der Waals surface area contributed by atoms with Crippen LogP contribution in [0.15, 0.2) is 333 Å². The highest BCUT2D eigenvalue weighted by Crippen LogP contribution is 2.42. The number of nitrogens with zero attached hydrogens (tertiary/aromatic N) is 7. The topological polar surface area (TPSA) is 208 Å². The minimum atomic E-state index is -0.774. The molecule has 0 amide bonds. The number of fused-ring (bicyclic) bond motifs is 4. The van der Waals surface area contributed by atoms with E-state index in [1.807, 2.05) is 170 Å². The highest BCUT2D eigenvalue weighted by Gasteiger charge is 2.26. The lowest BCUT2D eigenvalue weighted by atomic mass is 9.87. The van der Waals surface area contributed by atoms with Crippen molar-refractivity contribution in [2.24, 2.45) is 0 Å². The Hall–Kier alpha value is -13.1. The van der Waals surface area contributed by atoms with Crippen LogP contribution in [0.25, 0.3) is 66.5 Å². The number of benzene rings is 8. The van der Waals surface area contributed by atoms with Crippen molar-refractivity contribution in [1.82, 2.24) is 33.2 Å². The van der Waals surface area contributed by atoms with E-state index in [0.717, 1.165) is 100 Å². The van der Waals surface area contributed by atoms with Crippen molar-refractivity contribution in [2.75, 3.05) is 0 Å². The van der Waals surface area contributed by atoms with Crippen molar-refractivity contribution < 1.29 is 39.6 Å². The highest BCUT2D eigenvalue weighted by molar-refractivity contribution is 7.08. The minimum absolute atomic E-state index is 0.0113. The summed E-state index contributed by atoms with van der Waals surface area (Å²) in [5.41, 5.74) is 16.7. The molecule has 0 aliphatic carbocycles. The van der Waals surface area contributed by atoms with Crippen LogP contribution in [0, 0.1) is 0 Å². The van der Waals surface area contributed by atoms with Gasteiger partial charge in [-0.1, -0.05) is 200 Å². The third kappa shape index (κ3) is 17.4. The molecule has 4 N–H and O–H groups in total. The van der Waals surface area contributed by atoms with Crippen molar-refractivity contribution in [3.63, 3.8) is 0 Å². The van der Waals surface area contributed by atoms with Crippen molar-refractivity contribution >= 4 is 78.8 Å². The van der Waals surface area contributed by atoms with Crippen LogP contribution in [-0.4, -0.2) is 77.5 Å². The van der Waals surface area contributed by atoms with E-state index in [9.17, 15) is 39.6 Å². The van der Waals surface area contributed by atoms with E-state index in [0.29, 0.717) is 25.7 Å². The molecule has 532 valence electrons. The van der Waals surface area contributed by atoms with Crippen molar-refractivity contribution in [3.8, 4) is 22.9 Å². The largest absolute Gasteiger partial charge is 0.481 e. The quantitative estimate of drug-likeness (QED) is 0.0447. The molecule has 8 aromatic heterocycles. The summed E-state index contributed by atoms with van der Waals surface area (Å²) in [6, 6.07) is 89.5. The number of pyridine rings is 3. The maximum Gasteiger partial charge on any atom is 0.303 e. The Morgan fingerprint density at radius 2 is 0.645 bits per heavy atom. The molecule has 0 aliphatic heterocycles. The molecular weight excluding hydrogens is 1350 g/mol. The second kappa shape index (κ2) is 35.0. The first-order chi connectivity index (χ1) is 52.4. The molecule has 4 unspecified atom stereocenters. The summed E-state index contributed by atoms with van der Waals surface area (Å²) >= 11 is 1.67. The van der Waals surface area contributed by atoms with Gasteiger partial charge in [-0.05, 0) is 142 Å². The Labute approximate surface area is 623 Å². The van der Waals surface area contributed by atoms with Gasteiger partial charge in [-0.3, -0.25) is 29.1 Å². The molecule has 16 aromatic rings. The third-order valence-electron chi connectivity index (χ3n) is 19.4. The van der Waals surface area contributed by atoms with Gasteiger partial charge in [0, 0.05) is 132 Å². The van der Waals surface area contributed by atoms with Gasteiger partial charge in [0.15, 0.2) is 0 Å². The number of aromatic nitrogens is 7. The van der Waals surface area contributed by atoms with Crippen LogP contribution in [0.3, 0.4) is 0 Å². The normalized spacial score (nSPS) is 12.2. The predicted octanol–water partition coefficient (Wildman–Crippen LogP) is 20.8. The van der Waals surface area contributed by atoms with Crippen LogP contribution in [0.1, 0.15) is 120 Å². The number of carboxylic acids is 4. The lowest BCUT2D eigenvalue weighted by Crippen LogP contribution is -2.05. The van der Waals surface area contributed by atoms with E-state index in [-0.39, 0.29) is 49.4 Å². The molecule has 16 heteroatoms. The maximum absolute atomic E-state index is 11.2. The number of rotatable bonds is 24. The van der Waals surface area contributed by atoms with Gasteiger partial charge in [0.25, 0.3) is 0 Å². The van der Waals surface area contributed by atoms with E-state index >= 15 is 0 Å². The third-order valence-corrected chi connectivity index (χ3v) is 20.1. The van der Waals surface area contributed by atoms with Gasteiger partial charge in [-0.15, -0.1) is 0 Å². The lowest BCUT2D eigenvalue weighted by molar-refractivity contribution is -0.138. The Morgan fingerprint density at radius 3 is 0.981 bits per heavy atom. The Kier molecular flexibility index (Phi) is 23.6. The summed E-state index contributed by atoms with van der Waals surface area (Å²) in [6.07, 6.45) is 20.3. The second-order valence-corrected chi connectivity index (χ2v) is 26.8. The molecular formula is C91H79N7O8S. The molecule has 16 rings (SSSR count). The van der Waals surface area contributed by atoms with Gasteiger partial charge in [0.2, 0.25) is 0 Å². The van der Waals surface area contributed by atoms with Crippen LogP contribution >= 0.6 is 11.3 Å². The molecule has 4 atom stereocenters. The summed E-state index contributed by atoms with van der Waals surface area (Å²) < 4.78 is 8.58. The van der Waals surface area contributed by atoms with Gasteiger partial charge in [-0.25, -0.2) is 4.98 Å². The Morgan fingerprint density at radius 1 is 0.308 bits per heavy atom. The van der Waals surface area contributed by atoms with Gasteiger partial charge in [0.05, 0.1) is 39.6 Å². The van der Waals surface area contributed by atoms with Gasteiger partial charge in [-0.2, -0.15) is 11.3 Å². The zero-order valence-electron chi connectivity index (χ0n) is 58.7. The van der Waals surface area contributed by atoms with Crippen molar-refractivity contribution in [2.45, 2.75) is 75.0 Å². The molecule has 0 aliphatic rings. The molecule has 0 saturated carbocycles. The van der Waals surface area contributed by atoms with Gasteiger partial charge in [0.1, 0.15) is 5.82 Å². The number of thiophene rings is 1. The average molecular weight is 1430 g/mol. The number of carbonyl (C=O) groups is 4. The van der Waals surface area contributed by atoms with Crippen LogP contribution in [0.2, 0.25) is 0 Å². The lowest BCUT2D eigenvalue weighted by Gasteiger charge is -2.16. The predicted molar refractivity (Wildman–Crippen MR) is 425 cm³/mol. The maximum atomic E-state index is 11.2. The molecule has 0 radical (unpaired) electrons. The first kappa shape index (κ1) is 72.3. The molecule has 0 bridgehead atoms. The van der Waals surface area contributed by atoms with Crippen LogP contribution < -0.4 is 0 Å². The highest BCUT2D eigenvalue weighted by atomic mass is 32.1. The molecule has 107 heavy (non-hydrogen) atoms. The fraction of sp³-hybridized carbons (Fsp3) is 0.132. The van der Waals surface area contributed by atoms with Gasteiger partial charge < -0.3 is 38.7 Å². The van der Waals surface area contributed by atoms with Crippen molar-refractivity contribution in [1.29, 1.82) is 0 Å². The van der Waals surface area contributed by atoms with Crippen LogP contribution in [0.4, 0.5) is 0 Å². The van der Waals surface area contributed by atoms with E-state index in [2.05, 4.69) is 172 Å². The number of hydrogen-bond acceptors (Lipinski definition) is 8. The molecule has 8 heterocycles. The average Bonchev–Trinajstić information content (AvgIpc) is 1.65. The summed E-state index contributed by atoms with van der Waals surface area (Å²) in [7, 11) is 0. The minimum Gasteiger partial charge on any atom is -0.481 e. The Bertz CT molecular complexity index is 5160. The zero-order valence-corrected chi connectivity index (χ0v) is 59.5. The van der Waals surface area contributed by atoms with Crippen LogP contribution in [-0.2, 0) is 19.2 Å². The molecule has 8 aromatic carbocycles. The first-order valence-corrected chi connectivity index (χ1v) is 36.6. The number of hydrogen-bond donors (Lipinski definition) is 4. The van der Waals surface area contributed by atoms with E-state index < -0.39 is 23.9 Å². The summed E-state index contributed by atoms with van der Waals surface area (Å²) in [5.74, 6) is -2.11. The fourth-order valence-electron chi connectivity index (χ4n) is 14.5. The second-order valence-electron chi connectivity index (χ2n) is 26.1. The fourth-order valence-corrected chi connectivity index (χ4v) is 15.1. The van der Waals surface area contributed by atoms with Gasteiger partial charge >= 0.3 is 23.9 Å². The Balaban J connectivity index is 0.000000126. The first-order valence-electron chi connectivity index (χ1n) is 35.7. The number of para-hydroxylation sites is 4. The molecule has 15 nitrogen and oxygen atoms in total. The van der Waals surface area contributed by atoms with E-state index in [4.69, 9.17) is 0 Å². The molecule has 0 spiro atoms. The molecule has 0 fully saturated rings. The summed E-state index contributed by atoms with van der Waals surface area (Å²) in [5, 5.41) is 45.7. The standard InChI is InChI=1S/3C23H20N2O2.C22H19NO2S/c26-23(27)14-13-18(17-8-2-1-3-9-17)20-16-25(22-12-6-7-15-24-22)21-11-5-4-10-19(20)21;26-23(27)13-12-19(17-7-2-1-3-8-17)21-16-25(18-9-6-14-24-15-18)22-11-5-4-10-20(21)22;26-23(27)11-10-19(17-6-2-1-3-7-17)21-16-25(18-12-14-24-15-13-18)22-9-5-4-8-20(21)22;24-22(25)11-10-18(16-6-2-1-3-7-16)20-14-23(17-12-13-26-15-17)21-9-5-4-8-19(20)21/h1-12,15-16,18H,13-14H2,(H,26,27);1-11,14-16,19H,12-13H2,(H,26,27);1-9,12-16,19H,10-11H2,(H,26,27);1-9,12-15,18H,10-11H2,(H,24,25). The summed E-state index contributed by atoms with van der Waals surface area (Å²) in [4.78, 5) is 57.8. The smallest absolute Gasteiger partial charge is 0.303 e. The monoisotopic (exact) mass is 1430 g/mol.